The SMILES string of the molecule is Cc1cc(C(=O)N[C@@H]2CCC[C@H](C(F)(F)F)C2)no1. The minimum atomic E-state index is -4.19. The van der Waals surface area contributed by atoms with E-state index in [2.05, 4.69) is 10.5 Å². The number of hydrogen-bond donors (Lipinski definition) is 1. The van der Waals surface area contributed by atoms with Gasteiger partial charge in [-0.2, -0.15) is 13.2 Å². The van der Waals surface area contributed by atoms with Gasteiger partial charge in [-0.15, -0.1) is 0 Å². The maximum absolute atomic E-state index is 12.6. The van der Waals surface area contributed by atoms with Crippen LogP contribution < -0.4 is 5.32 Å². The number of carbonyl (C=O) groups is 1. The summed E-state index contributed by atoms with van der Waals surface area (Å²) in [5.74, 6) is -1.32. The second-order valence-corrected chi connectivity index (χ2v) is 4.90. The Balaban J connectivity index is 1.94. The highest BCUT2D eigenvalue weighted by molar-refractivity contribution is 5.92. The largest absolute Gasteiger partial charge is 0.391 e. The molecule has 0 aliphatic heterocycles. The number of halogens is 3. The van der Waals surface area contributed by atoms with Gasteiger partial charge in [0.2, 0.25) is 0 Å². The van der Waals surface area contributed by atoms with Gasteiger partial charge in [0.25, 0.3) is 5.91 Å². The fraction of sp³-hybridized carbons (Fsp3) is 0.667. The first-order chi connectivity index (χ1) is 8.86. The Labute approximate surface area is 108 Å². The zero-order chi connectivity index (χ0) is 14.0. The van der Waals surface area contributed by atoms with Gasteiger partial charge in [-0.25, -0.2) is 0 Å². The summed E-state index contributed by atoms with van der Waals surface area (Å²) >= 11 is 0. The third-order valence-corrected chi connectivity index (χ3v) is 3.33. The predicted molar refractivity (Wildman–Crippen MR) is 60.5 cm³/mol. The highest BCUT2D eigenvalue weighted by Gasteiger charge is 2.42. The zero-order valence-electron chi connectivity index (χ0n) is 10.5. The van der Waals surface area contributed by atoms with Crippen molar-refractivity contribution in [2.24, 2.45) is 5.92 Å². The molecule has 0 spiro atoms. The minimum Gasteiger partial charge on any atom is -0.361 e. The van der Waals surface area contributed by atoms with Gasteiger partial charge in [0.1, 0.15) is 5.76 Å². The van der Waals surface area contributed by atoms with Crippen LogP contribution in [-0.2, 0) is 0 Å². The molecule has 0 radical (unpaired) electrons. The van der Waals surface area contributed by atoms with Crippen LogP contribution in [0.2, 0.25) is 0 Å². The van der Waals surface area contributed by atoms with Crippen LogP contribution in [0.1, 0.15) is 41.9 Å². The molecular weight excluding hydrogens is 261 g/mol. The molecule has 1 aliphatic carbocycles. The van der Waals surface area contributed by atoms with E-state index >= 15 is 0 Å². The van der Waals surface area contributed by atoms with E-state index in [1.54, 1.807) is 6.92 Å². The fourth-order valence-corrected chi connectivity index (χ4v) is 2.35. The Morgan fingerprint density at radius 3 is 2.79 bits per heavy atom. The quantitative estimate of drug-likeness (QED) is 0.903. The van der Waals surface area contributed by atoms with E-state index in [9.17, 15) is 18.0 Å². The molecule has 1 heterocycles. The Hall–Kier alpha value is -1.53. The first-order valence-electron chi connectivity index (χ1n) is 6.17. The Morgan fingerprint density at radius 2 is 2.21 bits per heavy atom. The molecule has 1 aromatic rings. The first kappa shape index (κ1) is 13.9. The third-order valence-electron chi connectivity index (χ3n) is 3.33. The normalized spacial score (nSPS) is 24.2. The van der Waals surface area contributed by atoms with Crippen LogP contribution in [-0.4, -0.2) is 23.3 Å². The molecule has 0 aromatic carbocycles. The Kier molecular flexibility index (Phi) is 3.82. The average molecular weight is 276 g/mol. The second-order valence-electron chi connectivity index (χ2n) is 4.90. The molecule has 1 fully saturated rings. The van der Waals surface area contributed by atoms with Crippen LogP contribution in [0.3, 0.4) is 0 Å². The summed E-state index contributed by atoms with van der Waals surface area (Å²) in [5.41, 5.74) is 0.103. The van der Waals surface area contributed by atoms with Gasteiger partial charge in [0.05, 0.1) is 5.92 Å². The molecule has 1 aliphatic rings. The number of nitrogens with zero attached hydrogens (tertiary/aromatic N) is 1. The number of carbonyl (C=O) groups excluding carboxylic acids is 1. The van der Waals surface area contributed by atoms with Crippen LogP contribution in [0.5, 0.6) is 0 Å². The molecule has 1 saturated carbocycles. The summed E-state index contributed by atoms with van der Waals surface area (Å²) in [6.45, 7) is 1.64. The summed E-state index contributed by atoms with van der Waals surface area (Å²) in [4.78, 5) is 11.8. The van der Waals surface area contributed by atoms with Crippen molar-refractivity contribution in [3.63, 3.8) is 0 Å². The molecule has 4 nitrogen and oxygen atoms in total. The van der Waals surface area contributed by atoms with Gasteiger partial charge in [0, 0.05) is 12.1 Å². The van der Waals surface area contributed by atoms with E-state index in [0.717, 1.165) is 0 Å². The van der Waals surface area contributed by atoms with Gasteiger partial charge < -0.3 is 9.84 Å². The molecule has 1 amide bonds. The lowest BCUT2D eigenvalue weighted by Crippen LogP contribution is -2.41. The lowest BCUT2D eigenvalue weighted by Gasteiger charge is -2.30. The molecule has 0 saturated heterocycles. The Morgan fingerprint density at radius 1 is 1.47 bits per heavy atom. The average Bonchev–Trinajstić information content (AvgIpc) is 2.75. The first-order valence-corrected chi connectivity index (χ1v) is 6.17. The van der Waals surface area contributed by atoms with Crippen molar-refractivity contribution in [3.05, 3.63) is 17.5 Å². The van der Waals surface area contributed by atoms with Crippen molar-refractivity contribution < 1.29 is 22.5 Å². The van der Waals surface area contributed by atoms with Crippen LogP contribution in [0.4, 0.5) is 13.2 Å². The summed E-state index contributed by atoms with van der Waals surface area (Å²) in [5, 5.41) is 6.13. The van der Waals surface area contributed by atoms with Crippen molar-refractivity contribution in [2.75, 3.05) is 0 Å². The lowest BCUT2D eigenvalue weighted by atomic mass is 9.85. The fourth-order valence-electron chi connectivity index (χ4n) is 2.35. The third kappa shape index (κ3) is 3.48. The van der Waals surface area contributed by atoms with Crippen LogP contribution in [0, 0.1) is 12.8 Å². The lowest BCUT2D eigenvalue weighted by molar-refractivity contribution is -0.183. The van der Waals surface area contributed by atoms with E-state index < -0.39 is 24.0 Å². The smallest absolute Gasteiger partial charge is 0.361 e. The summed E-state index contributed by atoms with van der Waals surface area (Å²) in [7, 11) is 0. The summed E-state index contributed by atoms with van der Waals surface area (Å²) < 4.78 is 42.7. The van der Waals surface area contributed by atoms with Crippen molar-refractivity contribution in [1.29, 1.82) is 0 Å². The van der Waals surface area contributed by atoms with Crippen molar-refractivity contribution >= 4 is 5.91 Å². The monoisotopic (exact) mass is 276 g/mol. The van der Waals surface area contributed by atoms with Gasteiger partial charge in [-0.3, -0.25) is 4.79 Å². The van der Waals surface area contributed by atoms with Gasteiger partial charge >= 0.3 is 6.18 Å². The summed E-state index contributed by atoms with van der Waals surface area (Å²) in [6, 6.07) is 1.00. The molecule has 0 unspecified atom stereocenters. The van der Waals surface area contributed by atoms with E-state index in [-0.39, 0.29) is 18.5 Å². The van der Waals surface area contributed by atoms with Gasteiger partial charge in [-0.05, 0) is 26.2 Å². The topological polar surface area (TPSA) is 55.1 Å². The highest BCUT2D eigenvalue weighted by Crippen LogP contribution is 2.37. The van der Waals surface area contributed by atoms with E-state index in [1.165, 1.54) is 6.07 Å². The number of aryl methyl sites for hydroxylation is 1. The van der Waals surface area contributed by atoms with Crippen molar-refractivity contribution in [1.82, 2.24) is 10.5 Å². The van der Waals surface area contributed by atoms with Crippen molar-refractivity contribution in [3.8, 4) is 0 Å². The van der Waals surface area contributed by atoms with E-state index in [1.807, 2.05) is 0 Å². The molecule has 2 atom stereocenters. The second kappa shape index (κ2) is 5.22. The molecule has 0 bridgehead atoms. The number of aromatic nitrogens is 1. The Bertz CT molecular complexity index is 456. The number of amides is 1. The van der Waals surface area contributed by atoms with E-state index in [0.29, 0.717) is 18.6 Å². The van der Waals surface area contributed by atoms with Crippen molar-refractivity contribution in [2.45, 2.75) is 44.8 Å². The molecule has 2 rings (SSSR count). The van der Waals surface area contributed by atoms with E-state index in [4.69, 9.17) is 4.52 Å². The number of nitrogens with one attached hydrogen (secondary N) is 1. The summed E-state index contributed by atoms with van der Waals surface area (Å²) in [6.07, 6.45) is -3.08. The molecule has 7 heteroatoms. The van der Waals surface area contributed by atoms with Gasteiger partial charge in [0.15, 0.2) is 5.69 Å². The standard InChI is InChI=1S/C12H15F3N2O2/c1-7-5-10(17-19-7)11(18)16-9-4-2-3-8(6-9)12(13,14)15/h5,8-9H,2-4,6H2,1H3,(H,16,18)/t8-,9+/m0/s1. The number of alkyl halides is 3. The molecule has 19 heavy (non-hydrogen) atoms. The molecule has 106 valence electrons. The predicted octanol–water partition coefficient (Wildman–Crippen LogP) is 2.83. The zero-order valence-corrected chi connectivity index (χ0v) is 10.5. The number of hydrogen-bond acceptors (Lipinski definition) is 3. The van der Waals surface area contributed by atoms with Crippen LogP contribution in [0.25, 0.3) is 0 Å². The van der Waals surface area contributed by atoms with Crippen LogP contribution in [0.15, 0.2) is 10.6 Å². The molecule has 1 aromatic heterocycles. The molecule has 1 N–H and O–H groups in total. The maximum atomic E-state index is 12.6. The number of rotatable bonds is 2. The van der Waals surface area contributed by atoms with Crippen LogP contribution >= 0.6 is 0 Å². The van der Waals surface area contributed by atoms with Gasteiger partial charge in [-0.1, -0.05) is 11.6 Å². The maximum Gasteiger partial charge on any atom is 0.391 e. The highest BCUT2D eigenvalue weighted by atomic mass is 19.4. The minimum absolute atomic E-state index is 0.0634. The molecular formula is C12H15F3N2O2.